The molecule has 0 bridgehead atoms. The van der Waals surface area contributed by atoms with Crippen LogP contribution in [-0.2, 0) is 0 Å². The van der Waals surface area contributed by atoms with Gasteiger partial charge in [-0.2, -0.15) is 0 Å². The Bertz CT molecular complexity index is 826. The summed E-state index contributed by atoms with van der Waals surface area (Å²) < 4.78 is 1.91. The van der Waals surface area contributed by atoms with Gasteiger partial charge in [0, 0.05) is 10.0 Å². The number of aromatic nitrogens is 2. The van der Waals surface area contributed by atoms with Crippen LogP contribution < -0.4 is 5.73 Å². The van der Waals surface area contributed by atoms with Crippen LogP contribution in [-0.4, -0.2) is 9.55 Å². The third kappa shape index (κ3) is 2.46. The lowest BCUT2D eigenvalue weighted by Crippen LogP contribution is -2.10. The molecule has 0 aliphatic heterocycles. The number of fused-ring (bicyclic) bond motifs is 1. The molecule has 21 heavy (non-hydrogen) atoms. The lowest BCUT2D eigenvalue weighted by molar-refractivity contribution is 0.668. The summed E-state index contributed by atoms with van der Waals surface area (Å²) in [5.41, 5.74) is 8.55. The summed E-state index contributed by atoms with van der Waals surface area (Å²) in [7, 11) is 0. The van der Waals surface area contributed by atoms with Gasteiger partial charge in [0.25, 0.3) is 0 Å². The quantitative estimate of drug-likeness (QED) is 0.698. The molecule has 2 aromatic carbocycles. The molecule has 0 spiro atoms. The number of nitrogen functional groups attached to an aromatic ring is 1. The van der Waals surface area contributed by atoms with Gasteiger partial charge in [-0.05, 0) is 36.8 Å². The van der Waals surface area contributed by atoms with Crippen LogP contribution >= 0.6 is 34.8 Å². The summed E-state index contributed by atoms with van der Waals surface area (Å²) in [5.74, 6) is 0.400. The second-order valence-corrected chi connectivity index (χ2v) is 6.04. The molecule has 1 unspecified atom stereocenters. The molecule has 0 amide bonds. The van der Waals surface area contributed by atoms with E-state index in [4.69, 9.17) is 40.5 Å². The fourth-order valence-corrected chi connectivity index (χ4v) is 3.27. The van der Waals surface area contributed by atoms with E-state index in [1.54, 1.807) is 12.1 Å². The van der Waals surface area contributed by atoms with Gasteiger partial charge in [0.2, 0.25) is 5.95 Å². The zero-order valence-corrected chi connectivity index (χ0v) is 13.4. The first-order valence-electron chi connectivity index (χ1n) is 6.36. The van der Waals surface area contributed by atoms with Crippen molar-refractivity contribution in [3.8, 4) is 0 Å². The third-order valence-electron chi connectivity index (χ3n) is 3.50. The Labute approximate surface area is 137 Å². The van der Waals surface area contributed by atoms with E-state index >= 15 is 0 Å². The average molecular weight is 341 g/mol. The van der Waals surface area contributed by atoms with E-state index < -0.39 is 0 Å². The van der Waals surface area contributed by atoms with E-state index in [0.29, 0.717) is 26.5 Å². The van der Waals surface area contributed by atoms with Gasteiger partial charge in [-0.1, -0.05) is 46.9 Å². The molecule has 0 saturated carbocycles. The first kappa shape index (κ1) is 14.5. The Hall–Kier alpha value is -1.42. The van der Waals surface area contributed by atoms with E-state index in [-0.39, 0.29) is 6.04 Å². The van der Waals surface area contributed by atoms with Gasteiger partial charge in [-0.25, -0.2) is 4.98 Å². The second kappa shape index (κ2) is 5.41. The highest BCUT2D eigenvalue weighted by Crippen LogP contribution is 2.34. The van der Waals surface area contributed by atoms with Crippen molar-refractivity contribution in [1.29, 1.82) is 0 Å². The van der Waals surface area contributed by atoms with Crippen LogP contribution in [0.25, 0.3) is 11.0 Å². The highest BCUT2D eigenvalue weighted by molar-refractivity contribution is 6.35. The minimum atomic E-state index is -0.0850. The number of benzene rings is 2. The van der Waals surface area contributed by atoms with Crippen molar-refractivity contribution < 1.29 is 0 Å². The number of hydrogen-bond donors (Lipinski definition) is 1. The van der Waals surface area contributed by atoms with E-state index in [9.17, 15) is 0 Å². The third-order valence-corrected chi connectivity index (χ3v) is 4.37. The van der Waals surface area contributed by atoms with Crippen molar-refractivity contribution in [2.45, 2.75) is 13.0 Å². The standard InChI is InChI=1S/C15H12Cl3N3/c1-8(10-6-5-9(16)7-12(10)18)21-13-4-2-3-11(17)14(13)20-15(21)19/h2-8H,1H3,(H2,19,20). The molecule has 0 aliphatic rings. The van der Waals surface area contributed by atoms with Gasteiger partial charge in [-0.15, -0.1) is 0 Å². The van der Waals surface area contributed by atoms with Crippen LogP contribution in [0.2, 0.25) is 15.1 Å². The van der Waals surface area contributed by atoms with Gasteiger partial charge in [0.05, 0.1) is 16.6 Å². The summed E-state index contributed by atoms with van der Waals surface area (Å²) in [6.45, 7) is 2.01. The number of hydrogen-bond acceptors (Lipinski definition) is 2. The smallest absolute Gasteiger partial charge is 0.201 e. The molecule has 0 saturated heterocycles. The number of anilines is 1. The molecule has 6 heteroatoms. The topological polar surface area (TPSA) is 43.8 Å². The van der Waals surface area contributed by atoms with Gasteiger partial charge in [0.1, 0.15) is 5.52 Å². The molecular formula is C15H12Cl3N3. The van der Waals surface area contributed by atoms with Gasteiger partial charge in [-0.3, -0.25) is 0 Å². The number of imidazole rings is 1. The lowest BCUT2D eigenvalue weighted by Gasteiger charge is -2.18. The molecule has 0 radical (unpaired) electrons. The zero-order chi connectivity index (χ0) is 15.1. The van der Waals surface area contributed by atoms with Crippen molar-refractivity contribution in [1.82, 2.24) is 9.55 Å². The highest BCUT2D eigenvalue weighted by atomic mass is 35.5. The Balaban J connectivity index is 2.20. The van der Waals surface area contributed by atoms with Crippen molar-refractivity contribution in [3.63, 3.8) is 0 Å². The molecule has 108 valence electrons. The molecule has 1 heterocycles. The maximum atomic E-state index is 6.29. The summed E-state index contributed by atoms with van der Waals surface area (Å²) in [6.07, 6.45) is 0. The number of rotatable bonds is 2. The van der Waals surface area contributed by atoms with Gasteiger partial charge < -0.3 is 10.3 Å². The normalized spacial score (nSPS) is 12.8. The highest BCUT2D eigenvalue weighted by Gasteiger charge is 2.19. The Morgan fingerprint density at radius 2 is 1.86 bits per heavy atom. The van der Waals surface area contributed by atoms with Crippen molar-refractivity contribution >= 4 is 51.8 Å². The molecular weight excluding hydrogens is 329 g/mol. The first-order chi connectivity index (χ1) is 9.99. The minimum absolute atomic E-state index is 0.0850. The zero-order valence-electron chi connectivity index (χ0n) is 11.1. The minimum Gasteiger partial charge on any atom is -0.369 e. The molecule has 0 aliphatic carbocycles. The van der Waals surface area contributed by atoms with E-state index in [2.05, 4.69) is 4.98 Å². The molecule has 1 aromatic heterocycles. The maximum absolute atomic E-state index is 6.29. The molecule has 3 rings (SSSR count). The SMILES string of the molecule is CC(c1ccc(Cl)cc1Cl)n1c(N)nc2c(Cl)cccc21. The van der Waals surface area contributed by atoms with Crippen LogP contribution in [0.4, 0.5) is 5.95 Å². The second-order valence-electron chi connectivity index (χ2n) is 4.79. The first-order valence-corrected chi connectivity index (χ1v) is 7.49. The number of para-hydroxylation sites is 1. The molecule has 0 fully saturated rings. The monoisotopic (exact) mass is 339 g/mol. The van der Waals surface area contributed by atoms with Crippen LogP contribution in [0.15, 0.2) is 36.4 Å². The van der Waals surface area contributed by atoms with Crippen molar-refractivity contribution in [2.75, 3.05) is 5.73 Å². The predicted molar refractivity (Wildman–Crippen MR) is 89.4 cm³/mol. The van der Waals surface area contributed by atoms with Crippen LogP contribution in [0.1, 0.15) is 18.5 Å². The van der Waals surface area contributed by atoms with Crippen molar-refractivity contribution in [3.05, 3.63) is 57.0 Å². The number of nitrogens with two attached hydrogens (primary N) is 1. The summed E-state index contributed by atoms with van der Waals surface area (Å²) in [4.78, 5) is 4.35. The Kier molecular flexibility index (Phi) is 3.74. The maximum Gasteiger partial charge on any atom is 0.201 e. The van der Waals surface area contributed by atoms with Crippen LogP contribution in [0.5, 0.6) is 0 Å². The fraction of sp³-hybridized carbons (Fsp3) is 0.133. The molecule has 3 aromatic rings. The molecule has 1 atom stereocenters. The fourth-order valence-electron chi connectivity index (χ4n) is 2.49. The Morgan fingerprint density at radius 3 is 2.57 bits per heavy atom. The lowest BCUT2D eigenvalue weighted by atomic mass is 10.1. The van der Waals surface area contributed by atoms with Crippen LogP contribution in [0, 0.1) is 0 Å². The summed E-state index contributed by atoms with van der Waals surface area (Å²) >= 11 is 18.4. The molecule has 3 nitrogen and oxygen atoms in total. The van der Waals surface area contributed by atoms with Gasteiger partial charge >= 0.3 is 0 Å². The summed E-state index contributed by atoms with van der Waals surface area (Å²) in [5, 5.41) is 1.77. The average Bonchev–Trinajstić information content (AvgIpc) is 2.76. The van der Waals surface area contributed by atoms with E-state index in [1.807, 2.05) is 35.8 Å². The largest absolute Gasteiger partial charge is 0.369 e. The van der Waals surface area contributed by atoms with Crippen LogP contribution in [0.3, 0.4) is 0 Å². The summed E-state index contributed by atoms with van der Waals surface area (Å²) in [6, 6.07) is 10.9. The number of halogens is 3. The Morgan fingerprint density at radius 1 is 1.10 bits per heavy atom. The molecule has 2 N–H and O–H groups in total. The van der Waals surface area contributed by atoms with Crippen molar-refractivity contribution in [2.24, 2.45) is 0 Å². The van der Waals surface area contributed by atoms with E-state index in [0.717, 1.165) is 11.1 Å². The predicted octanol–water partition coefficient (Wildman–Crippen LogP) is 5.19. The number of nitrogens with zero attached hydrogens (tertiary/aromatic N) is 2. The van der Waals surface area contributed by atoms with E-state index in [1.165, 1.54) is 0 Å². The van der Waals surface area contributed by atoms with Gasteiger partial charge in [0.15, 0.2) is 0 Å².